The predicted octanol–water partition coefficient (Wildman–Crippen LogP) is 2.55. The van der Waals surface area contributed by atoms with Crippen LogP contribution in [-0.2, 0) is 6.54 Å². The van der Waals surface area contributed by atoms with Crippen LogP contribution in [0.15, 0.2) is 30.6 Å². The lowest BCUT2D eigenvalue weighted by molar-refractivity contribution is 0.268. The third kappa shape index (κ3) is 2.20. The molecule has 3 heteroatoms. The van der Waals surface area contributed by atoms with Crippen molar-refractivity contribution in [3.63, 3.8) is 0 Å². The molecular formula is C14H19N3. The molecule has 0 aliphatic heterocycles. The fraction of sp³-hybridized carbons (Fsp3) is 0.500. The van der Waals surface area contributed by atoms with Gasteiger partial charge in [0.05, 0.1) is 17.4 Å². The smallest absolute Gasteiger partial charge is 0.0958 e. The van der Waals surface area contributed by atoms with Crippen LogP contribution in [0.5, 0.6) is 0 Å². The van der Waals surface area contributed by atoms with Crippen LogP contribution in [0.3, 0.4) is 0 Å². The molecule has 0 amide bonds. The number of fused-ring (bicyclic) bond motifs is 1. The van der Waals surface area contributed by atoms with Crippen molar-refractivity contribution in [2.45, 2.75) is 38.3 Å². The average Bonchev–Trinajstić information content (AvgIpc) is 2.68. The molecule has 17 heavy (non-hydrogen) atoms. The number of imidazole rings is 1. The van der Waals surface area contributed by atoms with E-state index in [1.807, 2.05) is 18.5 Å². The van der Waals surface area contributed by atoms with E-state index in [1.54, 1.807) is 0 Å². The summed E-state index contributed by atoms with van der Waals surface area (Å²) < 4.78 is 2.18. The van der Waals surface area contributed by atoms with Crippen molar-refractivity contribution < 1.29 is 0 Å². The minimum Gasteiger partial charge on any atom is -0.329 e. The Morgan fingerprint density at radius 1 is 1.35 bits per heavy atom. The predicted molar refractivity (Wildman–Crippen MR) is 69.7 cm³/mol. The van der Waals surface area contributed by atoms with Crippen LogP contribution in [0.2, 0.25) is 0 Å². The van der Waals surface area contributed by atoms with Crippen molar-refractivity contribution in [1.29, 1.82) is 0 Å². The second kappa shape index (κ2) is 4.49. The maximum atomic E-state index is 6.22. The largest absolute Gasteiger partial charge is 0.329 e. The maximum Gasteiger partial charge on any atom is 0.0958 e. The summed E-state index contributed by atoms with van der Waals surface area (Å²) in [5.74, 6) is 0.875. The Labute approximate surface area is 102 Å². The molecule has 1 aliphatic carbocycles. The number of hydrogen-bond donors (Lipinski definition) is 1. The summed E-state index contributed by atoms with van der Waals surface area (Å²) in [6, 6.07) is 8.49. The summed E-state index contributed by atoms with van der Waals surface area (Å²) in [5.41, 5.74) is 8.47. The van der Waals surface area contributed by atoms with Crippen LogP contribution in [0.25, 0.3) is 11.0 Å². The molecule has 1 atom stereocenters. The van der Waals surface area contributed by atoms with Gasteiger partial charge in [0.25, 0.3) is 0 Å². The molecule has 3 nitrogen and oxygen atoms in total. The second-order valence-corrected chi connectivity index (χ2v) is 5.18. The third-order valence-corrected chi connectivity index (χ3v) is 3.82. The summed E-state index contributed by atoms with van der Waals surface area (Å²) in [6.45, 7) is 0.886. The zero-order chi connectivity index (χ0) is 11.7. The van der Waals surface area contributed by atoms with Gasteiger partial charge in [-0.1, -0.05) is 31.4 Å². The Balaban J connectivity index is 1.71. The van der Waals surface area contributed by atoms with Gasteiger partial charge in [-0.3, -0.25) is 0 Å². The van der Waals surface area contributed by atoms with E-state index in [-0.39, 0.29) is 6.04 Å². The van der Waals surface area contributed by atoms with E-state index < -0.39 is 0 Å². The van der Waals surface area contributed by atoms with Crippen molar-refractivity contribution in [3.8, 4) is 0 Å². The lowest BCUT2D eigenvalue weighted by Crippen LogP contribution is -2.30. The molecule has 0 spiro atoms. The van der Waals surface area contributed by atoms with Gasteiger partial charge in [-0.15, -0.1) is 0 Å². The Hall–Kier alpha value is -1.35. The van der Waals surface area contributed by atoms with E-state index in [0.717, 1.165) is 24.4 Å². The van der Waals surface area contributed by atoms with Crippen molar-refractivity contribution in [2.75, 3.05) is 0 Å². The molecule has 2 N–H and O–H groups in total. The Kier molecular flexibility index (Phi) is 2.85. The number of hydrogen-bond acceptors (Lipinski definition) is 2. The Morgan fingerprint density at radius 2 is 2.18 bits per heavy atom. The maximum absolute atomic E-state index is 6.22. The van der Waals surface area contributed by atoms with E-state index >= 15 is 0 Å². The van der Waals surface area contributed by atoms with Crippen LogP contribution in [0, 0.1) is 5.92 Å². The van der Waals surface area contributed by atoms with E-state index in [0.29, 0.717) is 0 Å². The summed E-state index contributed by atoms with van der Waals surface area (Å²) in [4.78, 5) is 4.39. The zero-order valence-corrected chi connectivity index (χ0v) is 10.0. The van der Waals surface area contributed by atoms with Crippen molar-refractivity contribution in [1.82, 2.24) is 9.55 Å². The van der Waals surface area contributed by atoms with E-state index in [9.17, 15) is 0 Å². The summed E-state index contributed by atoms with van der Waals surface area (Å²) >= 11 is 0. The number of para-hydroxylation sites is 2. The van der Waals surface area contributed by atoms with Gasteiger partial charge in [-0.05, 0) is 24.5 Å². The molecule has 0 saturated heterocycles. The highest BCUT2D eigenvalue weighted by Gasteiger charge is 2.20. The number of rotatable bonds is 4. The molecule has 1 saturated carbocycles. The van der Waals surface area contributed by atoms with Crippen molar-refractivity contribution in [3.05, 3.63) is 30.6 Å². The second-order valence-electron chi connectivity index (χ2n) is 5.18. The van der Waals surface area contributed by atoms with Crippen LogP contribution in [-0.4, -0.2) is 15.6 Å². The minimum absolute atomic E-state index is 0.262. The monoisotopic (exact) mass is 229 g/mol. The molecule has 1 heterocycles. The molecule has 0 radical (unpaired) electrons. The lowest BCUT2D eigenvalue weighted by atomic mass is 9.81. The topological polar surface area (TPSA) is 43.8 Å². The quantitative estimate of drug-likeness (QED) is 0.875. The first-order chi connectivity index (χ1) is 8.33. The minimum atomic E-state index is 0.262. The number of benzene rings is 1. The fourth-order valence-electron chi connectivity index (χ4n) is 2.64. The summed E-state index contributed by atoms with van der Waals surface area (Å²) in [6.07, 6.45) is 7.21. The first kappa shape index (κ1) is 10.8. The standard InChI is InChI=1S/C14H19N3/c15-12(8-11-4-3-5-11)9-17-10-16-13-6-1-2-7-14(13)17/h1-2,6-7,10-12H,3-5,8-9,15H2. The molecule has 90 valence electrons. The van der Waals surface area contributed by atoms with Gasteiger partial charge in [-0.2, -0.15) is 0 Å². The van der Waals surface area contributed by atoms with E-state index in [2.05, 4.69) is 21.7 Å². The van der Waals surface area contributed by atoms with E-state index in [4.69, 9.17) is 5.73 Å². The number of nitrogens with zero attached hydrogens (tertiary/aromatic N) is 2. The highest BCUT2D eigenvalue weighted by atomic mass is 15.1. The van der Waals surface area contributed by atoms with Gasteiger partial charge < -0.3 is 10.3 Å². The van der Waals surface area contributed by atoms with Crippen LogP contribution in [0.4, 0.5) is 0 Å². The number of nitrogens with two attached hydrogens (primary N) is 1. The SMILES string of the molecule is NC(CC1CCC1)Cn1cnc2ccccc21. The molecule has 1 unspecified atom stereocenters. The molecular weight excluding hydrogens is 210 g/mol. The molecule has 3 rings (SSSR count). The Bertz CT molecular complexity index is 499. The average molecular weight is 229 g/mol. The first-order valence-electron chi connectivity index (χ1n) is 6.48. The highest BCUT2D eigenvalue weighted by molar-refractivity contribution is 5.74. The fourth-order valence-corrected chi connectivity index (χ4v) is 2.64. The number of aromatic nitrogens is 2. The normalized spacial score (nSPS) is 18.2. The highest BCUT2D eigenvalue weighted by Crippen LogP contribution is 2.30. The van der Waals surface area contributed by atoms with Crippen LogP contribution >= 0.6 is 0 Å². The van der Waals surface area contributed by atoms with Crippen LogP contribution < -0.4 is 5.73 Å². The van der Waals surface area contributed by atoms with Gasteiger partial charge in [0.1, 0.15) is 0 Å². The molecule has 2 aromatic rings. The van der Waals surface area contributed by atoms with Crippen LogP contribution in [0.1, 0.15) is 25.7 Å². The molecule has 1 aromatic heterocycles. The molecule has 1 aliphatic rings. The van der Waals surface area contributed by atoms with Gasteiger partial charge in [0.15, 0.2) is 0 Å². The van der Waals surface area contributed by atoms with Gasteiger partial charge >= 0.3 is 0 Å². The molecule has 0 bridgehead atoms. The molecule has 1 aromatic carbocycles. The Morgan fingerprint density at radius 3 is 2.94 bits per heavy atom. The molecule has 1 fully saturated rings. The zero-order valence-electron chi connectivity index (χ0n) is 10.0. The van der Waals surface area contributed by atoms with Crippen molar-refractivity contribution >= 4 is 11.0 Å². The summed E-state index contributed by atoms with van der Waals surface area (Å²) in [5, 5.41) is 0. The summed E-state index contributed by atoms with van der Waals surface area (Å²) in [7, 11) is 0. The first-order valence-corrected chi connectivity index (χ1v) is 6.48. The van der Waals surface area contributed by atoms with Gasteiger partial charge in [-0.25, -0.2) is 4.98 Å². The van der Waals surface area contributed by atoms with Crippen molar-refractivity contribution in [2.24, 2.45) is 11.7 Å². The van der Waals surface area contributed by atoms with Gasteiger partial charge in [0, 0.05) is 12.6 Å². The third-order valence-electron chi connectivity index (χ3n) is 3.82. The van der Waals surface area contributed by atoms with Gasteiger partial charge in [0.2, 0.25) is 0 Å². The lowest BCUT2D eigenvalue weighted by Gasteiger charge is -2.28. The van der Waals surface area contributed by atoms with E-state index in [1.165, 1.54) is 24.8 Å².